The van der Waals surface area contributed by atoms with Gasteiger partial charge >= 0.3 is 0 Å². The number of hydrogen-bond acceptors (Lipinski definition) is 6. The predicted octanol–water partition coefficient (Wildman–Crippen LogP) is 2.45. The number of rotatable bonds is 4. The number of primary amides is 1. The zero-order valence-corrected chi connectivity index (χ0v) is 14.2. The van der Waals surface area contributed by atoms with Crippen LogP contribution in [0.2, 0.25) is 0 Å². The molecule has 0 aliphatic heterocycles. The zero-order chi connectivity index (χ0) is 17.4. The van der Waals surface area contributed by atoms with Crippen molar-refractivity contribution in [2.45, 2.75) is 18.9 Å². The molecular weight excluding hydrogens is 332 g/mol. The molecule has 6 nitrogen and oxygen atoms in total. The van der Waals surface area contributed by atoms with E-state index in [4.69, 9.17) is 5.73 Å². The monoisotopic (exact) mass is 346 g/mol. The Morgan fingerprint density at radius 3 is 2.48 bits per heavy atom. The van der Waals surface area contributed by atoms with Gasteiger partial charge in [-0.15, -0.1) is 11.3 Å². The third-order valence-electron chi connectivity index (χ3n) is 2.53. The summed E-state index contributed by atoms with van der Waals surface area (Å²) in [7, 11) is 0. The number of hydrogen-bond donors (Lipinski definition) is 2. The van der Waals surface area contributed by atoms with Gasteiger partial charge in [-0.1, -0.05) is 31.7 Å². The Bertz CT molecular complexity index is 827. The maximum Gasteiger partial charge on any atom is 0.267 e. The Hall–Kier alpha value is -2.55. The molecule has 2 heterocycles. The molecular formula is C15H14N4O2S2. The minimum Gasteiger partial charge on any atom is -0.369 e. The lowest BCUT2D eigenvalue weighted by Gasteiger charge is -2.08. The van der Waals surface area contributed by atoms with Crippen molar-refractivity contribution in [3.05, 3.63) is 39.0 Å². The van der Waals surface area contributed by atoms with Crippen molar-refractivity contribution >= 4 is 29.0 Å². The van der Waals surface area contributed by atoms with Crippen LogP contribution in [-0.4, -0.2) is 16.6 Å². The van der Waals surface area contributed by atoms with Crippen LogP contribution in [0.1, 0.15) is 25.0 Å². The molecule has 0 aromatic carbocycles. The maximum atomic E-state index is 12.0. The predicted molar refractivity (Wildman–Crippen MR) is 91.1 cm³/mol. The summed E-state index contributed by atoms with van der Waals surface area (Å²) < 4.78 is 0. The number of nitrogens with zero attached hydrogens (tertiary/aromatic N) is 2. The molecule has 3 N–H and O–H groups in total. The molecule has 2 aromatic rings. The van der Waals surface area contributed by atoms with E-state index in [1.807, 2.05) is 26.0 Å². The highest BCUT2D eigenvalue weighted by Crippen LogP contribution is 2.33. The van der Waals surface area contributed by atoms with Crippen molar-refractivity contribution < 1.29 is 4.79 Å². The molecule has 0 unspecified atom stereocenters. The Balaban J connectivity index is 0.00000127. The second-order valence-electron chi connectivity index (χ2n) is 3.86. The van der Waals surface area contributed by atoms with Crippen LogP contribution in [0.5, 0.6) is 0 Å². The van der Waals surface area contributed by atoms with Gasteiger partial charge in [-0.05, 0) is 11.4 Å². The highest BCUT2D eigenvalue weighted by molar-refractivity contribution is 8.00. The summed E-state index contributed by atoms with van der Waals surface area (Å²) >= 11 is 2.29. The zero-order valence-electron chi connectivity index (χ0n) is 12.5. The smallest absolute Gasteiger partial charge is 0.267 e. The van der Waals surface area contributed by atoms with E-state index in [2.05, 4.69) is 4.98 Å². The second-order valence-corrected chi connectivity index (χ2v) is 5.80. The van der Waals surface area contributed by atoms with Crippen LogP contribution in [0, 0.1) is 22.7 Å². The molecule has 0 saturated carbocycles. The topological polar surface area (TPSA) is 124 Å². The van der Waals surface area contributed by atoms with E-state index >= 15 is 0 Å². The SMILES string of the molecule is CC.N#Cc1c(SCC(N)=O)[nH]c(=O)c(C#N)c1-c1cccs1. The first-order valence-corrected chi connectivity index (χ1v) is 8.50. The van der Waals surface area contributed by atoms with Gasteiger partial charge in [0.25, 0.3) is 5.56 Å². The average molecular weight is 346 g/mol. The van der Waals surface area contributed by atoms with Crippen molar-refractivity contribution in [3.8, 4) is 22.6 Å². The number of nitrogens with one attached hydrogen (secondary N) is 1. The highest BCUT2D eigenvalue weighted by atomic mass is 32.2. The standard InChI is InChI=1S/C13H8N4O2S2.C2H6/c14-4-7-11(9-2-1-3-20-9)8(5-15)13(17-12(7)19)21-6-10(16)18;1-2/h1-3H,6H2,(H2,16,18)(H,17,19);1-2H3. The molecule has 118 valence electrons. The van der Waals surface area contributed by atoms with Crippen LogP contribution in [0.15, 0.2) is 27.3 Å². The van der Waals surface area contributed by atoms with Crippen LogP contribution in [0.4, 0.5) is 0 Å². The van der Waals surface area contributed by atoms with Gasteiger partial charge in [-0.25, -0.2) is 0 Å². The Morgan fingerprint density at radius 2 is 2.00 bits per heavy atom. The number of thioether (sulfide) groups is 1. The molecule has 0 radical (unpaired) electrons. The van der Waals surface area contributed by atoms with E-state index in [-0.39, 0.29) is 21.9 Å². The normalized spacial score (nSPS) is 9.22. The fraction of sp³-hybridized carbons (Fsp3) is 0.200. The van der Waals surface area contributed by atoms with E-state index in [0.717, 1.165) is 11.8 Å². The number of carbonyl (C=O) groups is 1. The quantitative estimate of drug-likeness (QED) is 0.823. The minimum absolute atomic E-state index is 0.0690. The molecule has 0 bridgehead atoms. The number of aromatic amines is 1. The fourth-order valence-electron chi connectivity index (χ4n) is 1.71. The summed E-state index contributed by atoms with van der Waals surface area (Å²) in [5, 5.41) is 20.6. The van der Waals surface area contributed by atoms with Gasteiger partial charge < -0.3 is 10.7 Å². The van der Waals surface area contributed by atoms with Crippen molar-refractivity contribution in [2.75, 3.05) is 5.75 Å². The molecule has 0 aliphatic rings. The number of thiophene rings is 1. The Labute approximate surface area is 141 Å². The minimum atomic E-state index is -0.591. The first-order chi connectivity index (χ1) is 11.1. The molecule has 0 saturated heterocycles. The summed E-state index contributed by atoms with van der Waals surface area (Å²) in [6.45, 7) is 4.00. The van der Waals surface area contributed by atoms with E-state index in [0.29, 0.717) is 10.4 Å². The maximum absolute atomic E-state index is 12.0. The number of H-pyrrole nitrogens is 1. The molecule has 0 aliphatic carbocycles. The molecule has 0 fully saturated rings. The number of carbonyl (C=O) groups excluding carboxylic acids is 1. The summed E-state index contributed by atoms with van der Waals surface area (Å²) in [5.41, 5.74) is 4.83. The third kappa shape index (κ3) is 4.22. The number of amides is 1. The third-order valence-corrected chi connectivity index (χ3v) is 4.44. The van der Waals surface area contributed by atoms with E-state index in [1.165, 1.54) is 11.3 Å². The summed E-state index contributed by atoms with van der Waals surface area (Å²) in [6.07, 6.45) is 0. The van der Waals surface area contributed by atoms with Crippen LogP contribution in [0.3, 0.4) is 0 Å². The Kier molecular flexibility index (Phi) is 7.07. The molecule has 2 aromatic heterocycles. The van der Waals surface area contributed by atoms with Crippen LogP contribution < -0.4 is 11.3 Å². The number of aromatic nitrogens is 1. The van der Waals surface area contributed by atoms with Crippen molar-refractivity contribution in [2.24, 2.45) is 5.73 Å². The van der Waals surface area contributed by atoms with Gasteiger partial charge in [-0.3, -0.25) is 9.59 Å². The van der Waals surface area contributed by atoms with Gasteiger partial charge in [0.1, 0.15) is 17.7 Å². The summed E-state index contributed by atoms with van der Waals surface area (Å²) in [6, 6.07) is 7.31. The molecule has 0 atom stereocenters. The first kappa shape index (κ1) is 18.5. The number of pyridine rings is 1. The number of nitrogens with two attached hydrogens (primary N) is 1. The van der Waals surface area contributed by atoms with Crippen molar-refractivity contribution in [1.29, 1.82) is 10.5 Å². The lowest BCUT2D eigenvalue weighted by molar-refractivity contribution is -0.115. The lowest BCUT2D eigenvalue weighted by Crippen LogP contribution is -2.17. The fourth-order valence-corrected chi connectivity index (χ4v) is 3.24. The van der Waals surface area contributed by atoms with Gasteiger partial charge in [0.05, 0.1) is 16.3 Å². The largest absolute Gasteiger partial charge is 0.369 e. The molecule has 23 heavy (non-hydrogen) atoms. The van der Waals surface area contributed by atoms with Crippen LogP contribution in [-0.2, 0) is 4.79 Å². The van der Waals surface area contributed by atoms with Gasteiger partial charge in [-0.2, -0.15) is 10.5 Å². The van der Waals surface area contributed by atoms with Crippen molar-refractivity contribution in [1.82, 2.24) is 4.98 Å². The lowest BCUT2D eigenvalue weighted by atomic mass is 10.0. The van der Waals surface area contributed by atoms with Gasteiger partial charge in [0.15, 0.2) is 0 Å². The van der Waals surface area contributed by atoms with Gasteiger partial charge in [0.2, 0.25) is 5.91 Å². The average Bonchev–Trinajstić information content (AvgIpc) is 3.08. The summed E-state index contributed by atoms with van der Waals surface area (Å²) in [5.74, 6) is -0.632. The first-order valence-electron chi connectivity index (χ1n) is 6.64. The van der Waals surface area contributed by atoms with Crippen LogP contribution >= 0.6 is 23.1 Å². The van der Waals surface area contributed by atoms with Crippen LogP contribution in [0.25, 0.3) is 10.4 Å². The molecule has 8 heteroatoms. The highest BCUT2D eigenvalue weighted by Gasteiger charge is 2.20. The van der Waals surface area contributed by atoms with Gasteiger partial charge in [0, 0.05) is 10.4 Å². The van der Waals surface area contributed by atoms with E-state index in [9.17, 15) is 20.1 Å². The molecule has 2 rings (SSSR count). The molecule has 1 amide bonds. The Morgan fingerprint density at radius 1 is 1.35 bits per heavy atom. The number of nitriles is 2. The second kappa shape index (κ2) is 8.79. The summed E-state index contributed by atoms with van der Waals surface area (Å²) in [4.78, 5) is 26.0. The van der Waals surface area contributed by atoms with E-state index in [1.54, 1.807) is 17.5 Å². The molecule has 0 spiro atoms. The van der Waals surface area contributed by atoms with E-state index < -0.39 is 11.5 Å². The van der Waals surface area contributed by atoms with Crippen molar-refractivity contribution in [3.63, 3.8) is 0 Å².